The van der Waals surface area contributed by atoms with E-state index < -0.39 is 0 Å². The van der Waals surface area contributed by atoms with Crippen LogP contribution in [-0.2, 0) is 9.63 Å². The molecule has 0 rings (SSSR count). The number of hydroxylamine groups is 1. The zero-order chi connectivity index (χ0) is 7.98. The molecule has 0 saturated heterocycles. The van der Waals surface area contributed by atoms with Gasteiger partial charge in [0.25, 0.3) is 0 Å². The van der Waals surface area contributed by atoms with Gasteiger partial charge in [-0.05, 0) is 17.3 Å². The second-order valence-corrected chi connectivity index (χ2v) is 2.71. The Bertz CT molecular complexity index is 93.6. The molecule has 0 amide bonds. The zero-order valence-electron chi connectivity index (χ0n) is 6.63. The molecule has 3 heteroatoms. The van der Waals surface area contributed by atoms with E-state index in [1.807, 2.05) is 0 Å². The molecule has 0 aromatic heterocycles. The van der Waals surface area contributed by atoms with Gasteiger partial charge in [-0.25, -0.2) is 4.79 Å². The topological polar surface area (TPSA) is 40.4 Å². The largest absolute Gasteiger partial charge is 0.439 e. The first-order valence-electron chi connectivity index (χ1n) is 3.38. The summed E-state index contributed by atoms with van der Waals surface area (Å²) in [6.45, 7) is 8.07. The molecule has 0 aromatic rings. The first kappa shape index (κ1) is 9.43. The zero-order valence-corrected chi connectivity index (χ0v) is 6.63. The van der Waals surface area contributed by atoms with E-state index >= 15 is 0 Å². The standard InChI is InChI=1S/C7H13NO2/c1-6(2)7(3)4-8-10-5-9/h6-7H,4H2,1-3H3. The molecule has 0 aliphatic rings. The van der Waals surface area contributed by atoms with Crippen molar-refractivity contribution in [2.45, 2.75) is 20.8 Å². The van der Waals surface area contributed by atoms with Gasteiger partial charge in [-0.3, -0.25) is 0 Å². The Morgan fingerprint density at radius 1 is 1.50 bits per heavy atom. The minimum absolute atomic E-state index is 0.452. The minimum atomic E-state index is 0.452. The lowest BCUT2D eigenvalue weighted by molar-refractivity contribution is 0.136. The van der Waals surface area contributed by atoms with Crippen LogP contribution < -0.4 is 5.48 Å². The summed E-state index contributed by atoms with van der Waals surface area (Å²) in [6.07, 6.45) is 0. The van der Waals surface area contributed by atoms with Gasteiger partial charge in [-0.1, -0.05) is 20.8 Å². The Morgan fingerprint density at radius 3 is 2.50 bits per heavy atom. The molecule has 0 spiro atoms. The fourth-order valence-electron chi connectivity index (χ4n) is 0.392. The summed E-state index contributed by atoms with van der Waals surface area (Å²) in [6, 6.07) is 0. The Kier molecular flexibility index (Phi) is 4.94. The van der Waals surface area contributed by atoms with Gasteiger partial charge in [-0.2, -0.15) is 0 Å². The lowest BCUT2D eigenvalue weighted by Crippen LogP contribution is -2.18. The Labute approximate surface area is 61.7 Å². The van der Waals surface area contributed by atoms with Crippen molar-refractivity contribution in [3.8, 4) is 0 Å². The van der Waals surface area contributed by atoms with Crippen LogP contribution in [0.5, 0.6) is 0 Å². The predicted octanol–water partition coefficient (Wildman–Crippen LogP) is 0.882. The number of rotatable bonds is 5. The molecule has 0 aliphatic heterocycles. The van der Waals surface area contributed by atoms with E-state index in [9.17, 15) is 4.79 Å². The molecule has 1 unspecified atom stereocenters. The van der Waals surface area contributed by atoms with Crippen molar-refractivity contribution < 1.29 is 9.63 Å². The smallest absolute Gasteiger partial charge is 0.340 e. The first-order chi connectivity index (χ1) is 4.68. The molecule has 0 N–H and O–H groups in total. The maximum atomic E-state index is 9.52. The van der Waals surface area contributed by atoms with Crippen molar-refractivity contribution in [3.63, 3.8) is 0 Å². The van der Waals surface area contributed by atoms with Gasteiger partial charge in [0.2, 0.25) is 0 Å². The van der Waals surface area contributed by atoms with Crippen LogP contribution in [0.2, 0.25) is 0 Å². The van der Waals surface area contributed by atoms with Crippen LogP contribution in [-0.4, -0.2) is 13.0 Å². The summed E-state index contributed by atoms with van der Waals surface area (Å²) >= 11 is 0. The number of hydrogen-bond acceptors (Lipinski definition) is 2. The molecule has 0 saturated carbocycles. The maximum absolute atomic E-state index is 9.52. The summed E-state index contributed by atoms with van der Waals surface area (Å²) in [5.41, 5.74) is 3.49. The van der Waals surface area contributed by atoms with E-state index in [0.29, 0.717) is 18.4 Å². The van der Waals surface area contributed by atoms with Crippen LogP contribution in [0.25, 0.3) is 0 Å². The van der Waals surface area contributed by atoms with Crippen LogP contribution >= 0.6 is 0 Å². The van der Waals surface area contributed by atoms with Crippen molar-refractivity contribution in [1.29, 1.82) is 0 Å². The fourth-order valence-corrected chi connectivity index (χ4v) is 0.392. The summed E-state index contributed by atoms with van der Waals surface area (Å²) in [7, 11) is 0. The van der Waals surface area contributed by atoms with Crippen LogP contribution in [0.15, 0.2) is 0 Å². The van der Waals surface area contributed by atoms with Gasteiger partial charge in [0.1, 0.15) is 0 Å². The number of nitrogens with zero attached hydrogens (tertiary/aromatic N) is 1. The third kappa shape index (κ3) is 4.32. The van der Waals surface area contributed by atoms with Gasteiger partial charge in [-0.15, -0.1) is 0 Å². The second-order valence-electron chi connectivity index (χ2n) is 2.71. The first-order valence-corrected chi connectivity index (χ1v) is 3.38. The molecular formula is C7H13NO2. The van der Waals surface area contributed by atoms with E-state index in [1.54, 1.807) is 0 Å². The third-order valence-corrected chi connectivity index (χ3v) is 1.60. The monoisotopic (exact) mass is 143 g/mol. The van der Waals surface area contributed by atoms with Gasteiger partial charge in [0.15, 0.2) is 0 Å². The summed E-state index contributed by atoms with van der Waals surface area (Å²) in [5, 5.41) is 0. The van der Waals surface area contributed by atoms with Crippen molar-refractivity contribution in [2.24, 2.45) is 11.8 Å². The predicted molar refractivity (Wildman–Crippen MR) is 37.8 cm³/mol. The van der Waals surface area contributed by atoms with Gasteiger partial charge in [0, 0.05) is 0 Å². The molecule has 0 aromatic carbocycles. The molecule has 3 nitrogen and oxygen atoms in total. The Morgan fingerprint density at radius 2 is 2.10 bits per heavy atom. The minimum Gasteiger partial charge on any atom is -0.340 e. The third-order valence-electron chi connectivity index (χ3n) is 1.60. The second kappa shape index (κ2) is 5.23. The van der Waals surface area contributed by atoms with E-state index in [2.05, 4.69) is 31.1 Å². The molecule has 58 valence electrons. The highest BCUT2D eigenvalue weighted by Crippen LogP contribution is 2.07. The quantitative estimate of drug-likeness (QED) is 0.423. The van der Waals surface area contributed by atoms with E-state index in [4.69, 9.17) is 0 Å². The lowest BCUT2D eigenvalue weighted by atomic mass is 9.99. The summed E-state index contributed by atoms with van der Waals surface area (Å²) < 4.78 is 0. The van der Waals surface area contributed by atoms with Gasteiger partial charge < -0.3 is 4.84 Å². The number of hydrogen-bond donors (Lipinski definition) is 0. The molecule has 0 heterocycles. The van der Waals surface area contributed by atoms with Crippen LogP contribution in [0.3, 0.4) is 0 Å². The highest BCUT2D eigenvalue weighted by Gasteiger charge is 2.06. The summed E-state index contributed by atoms with van der Waals surface area (Å²) in [5.74, 6) is 1.02. The fraction of sp³-hybridized carbons (Fsp3) is 0.857. The van der Waals surface area contributed by atoms with Crippen molar-refractivity contribution in [1.82, 2.24) is 5.48 Å². The maximum Gasteiger partial charge on any atom is 0.439 e. The van der Waals surface area contributed by atoms with Crippen molar-refractivity contribution in [2.75, 3.05) is 6.54 Å². The Hall–Kier alpha value is -0.570. The lowest BCUT2D eigenvalue weighted by Gasteiger charge is -2.12. The van der Waals surface area contributed by atoms with Gasteiger partial charge in [0.05, 0.1) is 6.54 Å². The molecule has 0 fully saturated rings. The van der Waals surface area contributed by atoms with Crippen LogP contribution in [0.1, 0.15) is 20.8 Å². The van der Waals surface area contributed by atoms with Crippen LogP contribution in [0.4, 0.5) is 0 Å². The highest BCUT2D eigenvalue weighted by atomic mass is 16.7. The molecule has 2 radical (unpaired) electrons. The molecule has 1 atom stereocenters. The van der Waals surface area contributed by atoms with E-state index in [0.717, 1.165) is 0 Å². The van der Waals surface area contributed by atoms with Crippen molar-refractivity contribution >= 4 is 6.47 Å². The van der Waals surface area contributed by atoms with Crippen LogP contribution in [0, 0.1) is 11.8 Å². The normalized spacial score (nSPS) is 13.2. The molecular weight excluding hydrogens is 130 g/mol. The Balaban J connectivity index is 3.21. The molecule has 10 heavy (non-hydrogen) atoms. The van der Waals surface area contributed by atoms with E-state index in [-0.39, 0.29) is 0 Å². The van der Waals surface area contributed by atoms with E-state index in [1.165, 1.54) is 6.47 Å². The highest BCUT2D eigenvalue weighted by molar-refractivity contribution is 5.37. The number of carbonyl (C=O) groups excluding carboxylic acids is 1. The SMILES string of the molecule is CC(C)C(C)C[N]O[C]=O. The average Bonchev–Trinajstić information content (AvgIpc) is 1.88. The summed E-state index contributed by atoms with van der Waals surface area (Å²) in [4.78, 5) is 13.6. The average molecular weight is 143 g/mol. The molecule has 0 aliphatic carbocycles. The van der Waals surface area contributed by atoms with Crippen molar-refractivity contribution in [3.05, 3.63) is 0 Å². The van der Waals surface area contributed by atoms with Gasteiger partial charge >= 0.3 is 6.47 Å². The molecule has 0 bridgehead atoms.